The topological polar surface area (TPSA) is 72.2 Å². The molecule has 0 bridgehead atoms. The van der Waals surface area contributed by atoms with E-state index in [1.165, 1.54) is 18.2 Å². The number of nitrogens with zero attached hydrogens (tertiary/aromatic N) is 1. The highest BCUT2D eigenvalue weighted by Gasteiger charge is 2.18. The van der Waals surface area contributed by atoms with Gasteiger partial charge in [0.2, 0.25) is 0 Å². The summed E-state index contributed by atoms with van der Waals surface area (Å²) in [7, 11) is -3.62. The maximum atomic E-state index is 11.8. The Morgan fingerprint density at radius 2 is 2.25 bits per heavy atom. The van der Waals surface area contributed by atoms with E-state index < -0.39 is 10.0 Å². The number of hydrogen-bond acceptors (Lipinski definition) is 5. The second-order valence-electron chi connectivity index (χ2n) is 2.99. The Hall–Kier alpha value is -1.05. The van der Waals surface area contributed by atoms with Crippen molar-refractivity contribution in [1.82, 2.24) is 5.16 Å². The van der Waals surface area contributed by atoms with Crippen LogP contribution < -0.4 is 4.72 Å². The van der Waals surface area contributed by atoms with Crippen molar-refractivity contribution in [2.45, 2.75) is 11.1 Å². The van der Waals surface area contributed by atoms with Gasteiger partial charge in [-0.15, -0.1) is 11.3 Å². The molecule has 2 rings (SSSR count). The van der Waals surface area contributed by atoms with Crippen LogP contribution in [0.15, 0.2) is 26.9 Å². The Morgan fingerprint density at radius 1 is 1.50 bits per heavy atom. The minimum atomic E-state index is -3.62. The number of halogens is 1. The van der Waals surface area contributed by atoms with Gasteiger partial charge in [-0.2, -0.15) is 0 Å². The predicted molar refractivity (Wildman–Crippen MR) is 61.4 cm³/mol. The highest BCUT2D eigenvalue weighted by Crippen LogP contribution is 2.26. The molecule has 0 atom stereocenters. The molecule has 1 N–H and O–H groups in total. The molecule has 0 aliphatic carbocycles. The van der Waals surface area contributed by atoms with Crippen LogP contribution in [-0.4, -0.2) is 13.6 Å². The molecular weight excluding hydrogens is 272 g/mol. The van der Waals surface area contributed by atoms with Crippen LogP contribution in [0.2, 0.25) is 4.34 Å². The Bertz CT molecular complexity index is 602. The molecule has 0 saturated heterocycles. The number of rotatable bonds is 3. The van der Waals surface area contributed by atoms with E-state index in [4.69, 9.17) is 16.1 Å². The number of aryl methyl sites for hydroxylation is 1. The SMILES string of the molecule is Cc1cc(NS(=O)(=O)c2ccc(Cl)s2)no1. The molecule has 0 aromatic carbocycles. The number of anilines is 1. The van der Waals surface area contributed by atoms with Crippen molar-refractivity contribution in [3.8, 4) is 0 Å². The fourth-order valence-corrected chi connectivity index (χ4v) is 3.51. The van der Waals surface area contributed by atoms with E-state index in [1.54, 1.807) is 6.92 Å². The van der Waals surface area contributed by atoms with Gasteiger partial charge in [0.25, 0.3) is 10.0 Å². The summed E-state index contributed by atoms with van der Waals surface area (Å²) in [6, 6.07) is 4.45. The molecule has 0 aliphatic heterocycles. The van der Waals surface area contributed by atoms with Gasteiger partial charge in [0.15, 0.2) is 5.82 Å². The van der Waals surface area contributed by atoms with Gasteiger partial charge in [0, 0.05) is 6.07 Å². The van der Waals surface area contributed by atoms with E-state index in [0.29, 0.717) is 10.1 Å². The molecule has 0 fully saturated rings. The van der Waals surface area contributed by atoms with Crippen molar-refractivity contribution in [2.75, 3.05) is 4.72 Å². The smallest absolute Gasteiger partial charge is 0.272 e. The van der Waals surface area contributed by atoms with Crippen LogP contribution in [0.1, 0.15) is 5.76 Å². The van der Waals surface area contributed by atoms with Gasteiger partial charge in [-0.25, -0.2) is 8.42 Å². The van der Waals surface area contributed by atoms with Gasteiger partial charge in [-0.1, -0.05) is 16.8 Å². The molecule has 2 aromatic heterocycles. The third-order valence-corrected chi connectivity index (χ3v) is 4.76. The van der Waals surface area contributed by atoms with E-state index >= 15 is 0 Å². The summed E-state index contributed by atoms with van der Waals surface area (Å²) < 4.78 is 31.2. The Morgan fingerprint density at radius 3 is 2.75 bits per heavy atom. The number of nitrogens with one attached hydrogen (secondary N) is 1. The standard InChI is InChI=1S/C8H7ClN2O3S2/c1-5-4-7(10-14-5)11-16(12,13)8-3-2-6(9)15-8/h2-4H,1H3,(H,10,11). The third kappa shape index (κ3) is 2.37. The lowest BCUT2D eigenvalue weighted by molar-refractivity contribution is 0.400. The molecule has 0 spiro atoms. The number of sulfonamides is 1. The van der Waals surface area contributed by atoms with Gasteiger partial charge in [0.1, 0.15) is 9.97 Å². The highest BCUT2D eigenvalue weighted by atomic mass is 35.5. The van der Waals surface area contributed by atoms with Crippen LogP contribution in [0.25, 0.3) is 0 Å². The molecule has 2 aromatic rings. The van der Waals surface area contributed by atoms with E-state index in [9.17, 15) is 8.42 Å². The summed E-state index contributed by atoms with van der Waals surface area (Å²) in [5.41, 5.74) is 0. The summed E-state index contributed by atoms with van der Waals surface area (Å²) >= 11 is 6.64. The molecular formula is C8H7ClN2O3S2. The van der Waals surface area contributed by atoms with Crippen LogP contribution in [-0.2, 0) is 10.0 Å². The molecule has 86 valence electrons. The first-order valence-electron chi connectivity index (χ1n) is 4.19. The van der Waals surface area contributed by atoms with Crippen molar-refractivity contribution in [3.05, 3.63) is 28.3 Å². The zero-order valence-corrected chi connectivity index (χ0v) is 10.5. The van der Waals surface area contributed by atoms with Gasteiger partial charge in [0.05, 0.1) is 4.34 Å². The van der Waals surface area contributed by atoms with Gasteiger partial charge in [-0.3, -0.25) is 4.72 Å². The average Bonchev–Trinajstić information content (AvgIpc) is 2.75. The van der Waals surface area contributed by atoms with E-state index in [1.807, 2.05) is 0 Å². The maximum absolute atomic E-state index is 11.8. The Labute approximate surface area is 101 Å². The quantitative estimate of drug-likeness (QED) is 0.936. The molecule has 0 amide bonds. The van der Waals surface area contributed by atoms with Crippen molar-refractivity contribution in [3.63, 3.8) is 0 Å². The fraction of sp³-hybridized carbons (Fsp3) is 0.125. The number of aromatic nitrogens is 1. The lowest BCUT2D eigenvalue weighted by atomic mass is 10.5. The van der Waals surface area contributed by atoms with Crippen LogP contribution in [0.4, 0.5) is 5.82 Å². The van der Waals surface area contributed by atoms with Crippen LogP contribution in [0.5, 0.6) is 0 Å². The van der Waals surface area contributed by atoms with Crippen molar-refractivity contribution >= 4 is 38.8 Å². The van der Waals surface area contributed by atoms with Crippen molar-refractivity contribution in [1.29, 1.82) is 0 Å². The molecule has 0 radical (unpaired) electrons. The monoisotopic (exact) mass is 278 g/mol. The zero-order chi connectivity index (χ0) is 11.8. The predicted octanol–water partition coefficient (Wildman–Crippen LogP) is 2.50. The van der Waals surface area contributed by atoms with E-state index in [2.05, 4.69) is 9.88 Å². The molecule has 0 saturated carbocycles. The third-order valence-electron chi connectivity index (χ3n) is 1.68. The Kier molecular flexibility index (Phi) is 2.92. The molecule has 2 heterocycles. The maximum Gasteiger partial charge on any atom is 0.272 e. The second kappa shape index (κ2) is 4.08. The lowest BCUT2D eigenvalue weighted by Gasteiger charge is -2.00. The van der Waals surface area contributed by atoms with E-state index in [-0.39, 0.29) is 10.0 Å². The van der Waals surface area contributed by atoms with Crippen molar-refractivity contribution < 1.29 is 12.9 Å². The van der Waals surface area contributed by atoms with Crippen LogP contribution in [0, 0.1) is 6.92 Å². The summed E-state index contributed by atoms with van der Waals surface area (Å²) in [5, 5.41) is 3.54. The Balaban J connectivity index is 2.27. The lowest BCUT2D eigenvalue weighted by Crippen LogP contribution is -2.11. The first kappa shape index (κ1) is 11.4. The molecule has 0 aliphatic rings. The summed E-state index contributed by atoms with van der Waals surface area (Å²) in [4.78, 5) is 0. The molecule has 8 heteroatoms. The number of thiophene rings is 1. The highest BCUT2D eigenvalue weighted by molar-refractivity contribution is 7.94. The molecule has 16 heavy (non-hydrogen) atoms. The second-order valence-corrected chi connectivity index (χ2v) is 6.61. The molecule has 0 unspecified atom stereocenters. The zero-order valence-electron chi connectivity index (χ0n) is 8.10. The first-order valence-corrected chi connectivity index (χ1v) is 6.86. The first-order chi connectivity index (χ1) is 7.47. The average molecular weight is 279 g/mol. The molecule has 5 nitrogen and oxygen atoms in total. The largest absolute Gasteiger partial charge is 0.360 e. The number of hydrogen-bond donors (Lipinski definition) is 1. The van der Waals surface area contributed by atoms with Gasteiger partial charge < -0.3 is 4.52 Å². The van der Waals surface area contributed by atoms with E-state index in [0.717, 1.165) is 11.3 Å². The minimum absolute atomic E-state index is 0.137. The summed E-state index contributed by atoms with van der Waals surface area (Å²) in [6.45, 7) is 1.67. The fourth-order valence-electron chi connectivity index (χ4n) is 1.04. The normalized spacial score (nSPS) is 11.6. The summed E-state index contributed by atoms with van der Waals surface area (Å²) in [5.74, 6) is 0.684. The van der Waals surface area contributed by atoms with Gasteiger partial charge in [-0.05, 0) is 19.1 Å². The summed E-state index contributed by atoms with van der Waals surface area (Å²) in [6.07, 6.45) is 0. The minimum Gasteiger partial charge on any atom is -0.360 e. The van der Waals surface area contributed by atoms with Crippen molar-refractivity contribution in [2.24, 2.45) is 0 Å². The van der Waals surface area contributed by atoms with Crippen LogP contribution in [0.3, 0.4) is 0 Å². The van der Waals surface area contributed by atoms with Crippen LogP contribution >= 0.6 is 22.9 Å². The van der Waals surface area contributed by atoms with Gasteiger partial charge >= 0.3 is 0 Å².